The number of ether oxygens (including phenoxy) is 1. The van der Waals surface area contributed by atoms with Gasteiger partial charge in [0.1, 0.15) is 12.6 Å². The van der Waals surface area contributed by atoms with Gasteiger partial charge in [-0.3, -0.25) is 9.48 Å². The van der Waals surface area contributed by atoms with Gasteiger partial charge in [0.2, 0.25) is 0 Å². The van der Waals surface area contributed by atoms with E-state index in [-0.39, 0.29) is 24.7 Å². The van der Waals surface area contributed by atoms with Gasteiger partial charge in [0.25, 0.3) is 0 Å². The van der Waals surface area contributed by atoms with Gasteiger partial charge in [0, 0.05) is 18.3 Å². The second-order valence-corrected chi connectivity index (χ2v) is 6.90. The van der Waals surface area contributed by atoms with Gasteiger partial charge in [-0.1, -0.05) is 48.5 Å². The van der Waals surface area contributed by atoms with Crippen LogP contribution < -0.4 is 5.32 Å². The maximum Gasteiger partial charge on any atom is 0.416 e. The number of carbonyl (C=O) groups excluding carboxylic acids is 1. The lowest BCUT2D eigenvalue weighted by atomic mass is 10.1. The van der Waals surface area contributed by atoms with E-state index in [1.807, 2.05) is 30.3 Å². The molecule has 0 radical (unpaired) electrons. The molecule has 0 aliphatic carbocycles. The molecule has 3 aromatic rings. The van der Waals surface area contributed by atoms with E-state index in [4.69, 9.17) is 4.74 Å². The van der Waals surface area contributed by atoms with Gasteiger partial charge in [-0.25, -0.2) is 0 Å². The fourth-order valence-corrected chi connectivity index (χ4v) is 2.90. The molecule has 3 rings (SSSR count). The van der Waals surface area contributed by atoms with E-state index in [0.29, 0.717) is 6.54 Å². The number of carbonyl (C=O) groups is 1. The van der Waals surface area contributed by atoms with Crippen molar-refractivity contribution in [3.63, 3.8) is 0 Å². The molecule has 0 aliphatic heterocycles. The van der Waals surface area contributed by atoms with Crippen LogP contribution in [0, 0.1) is 0 Å². The minimum atomic E-state index is -4.41. The molecule has 2 aromatic carbocycles. The van der Waals surface area contributed by atoms with E-state index in [0.717, 1.165) is 17.2 Å². The molecule has 158 valence electrons. The number of benzene rings is 2. The minimum absolute atomic E-state index is 0.00432. The zero-order chi connectivity index (χ0) is 21.6. The van der Waals surface area contributed by atoms with Gasteiger partial charge < -0.3 is 10.1 Å². The number of nitrogens with one attached hydrogen (secondary N) is 1. The number of esters is 1. The Morgan fingerprint density at radius 3 is 2.53 bits per heavy atom. The highest BCUT2D eigenvalue weighted by molar-refractivity contribution is 5.75. The Kier molecular flexibility index (Phi) is 6.89. The SMILES string of the molecule is CC(NCc1cnn(Cc2ccccc2C(F)(F)F)c1)C(=O)OCc1ccccc1. The first-order chi connectivity index (χ1) is 14.3. The zero-order valence-electron chi connectivity index (χ0n) is 16.4. The first kappa shape index (κ1) is 21.6. The molecule has 0 saturated carbocycles. The molecule has 1 heterocycles. The first-order valence-electron chi connectivity index (χ1n) is 9.43. The Morgan fingerprint density at radius 2 is 1.80 bits per heavy atom. The highest BCUT2D eigenvalue weighted by Crippen LogP contribution is 2.32. The summed E-state index contributed by atoms with van der Waals surface area (Å²) in [5.74, 6) is -0.384. The predicted octanol–water partition coefficient (Wildman–Crippen LogP) is 4.17. The second kappa shape index (κ2) is 9.58. The Bertz CT molecular complexity index is 971. The summed E-state index contributed by atoms with van der Waals surface area (Å²) < 4.78 is 46.1. The maximum atomic E-state index is 13.1. The molecular formula is C22H22F3N3O2. The summed E-state index contributed by atoms with van der Waals surface area (Å²) in [6.45, 7) is 2.23. The number of hydrogen-bond acceptors (Lipinski definition) is 4. The minimum Gasteiger partial charge on any atom is -0.460 e. The topological polar surface area (TPSA) is 56.2 Å². The second-order valence-electron chi connectivity index (χ2n) is 6.90. The fourth-order valence-electron chi connectivity index (χ4n) is 2.90. The van der Waals surface area contributed by atoms with Crippen LogP contribution in [0.2, 0.25) is 0 Å². The Morgan fingerprint density at radius 1 is 1.10 bits per heavy atom. The molecule has 1 atom stereocenters. The van der Waals surface area contributed by atoms with Crippen molar-refractivity contribution in [3.05, 3.63) is 89.2 Å². The highest BCUT2D eigenvalue weighted by Gasteiger charge is 2.32. The summed E-state index contributed by atoms with van der Waals surface area (Å²) in [7, 11) is 0. The molecule has 0 bridgehead atoms. The first-order valence-corrected chi connectivity index (χ1v) is 9.43. The molecule has 30 heavy (non-hydrogen) atoms. The van der Waals surface area contributed by atoms with E-state index >= 15 is 0 Å². The van der Waals surface area contributed by atoms with Crippen LogP contribution in [0.5, 0.6) is 0 Å². The standard InChI is InChI=1S/C22H22F3N3O2/c1-16(21(29)30-15-17-7-3-2-4-8-17)26-11-18-12-27-28(13-18)14-19-9-5-6-10-20(19)22(23,24)25/h2-10,12-13,16,26H,11,14-15H2,1H3. The molecule has 0 spiro atoms. The third kappa shape index (κ3) is 5.93. The van der Waals surface area contributed by atoms with E-state index < -0.39 is 17.8 Å². The third-order valence-electron chi connectivity index (χ3n) is 4.53. The van der Waals surface area contributed by atoms with E-state index in [1.165, 1.54) is 16.8 Å². The lowest BCUT2D eigenvalue weighted by molar-refractivity contribution is -0.147. The molecule has 0 fully saturated rings. The largest absolute Gasteiger partial charge is 0.460 e. The van der Waals surface area contributed by atoms with Gasteiger partial charge in [-0.2, -0.15) is 18.3 Å². The molecule has 5 nitrogen and oxygen atoms in total. The smallest absolute Gasteiger partial charge is 0.416 e. The van der Waals surface area contributed by atoms with Crippen molar-refractivity contribution >= 4 is 5.97 Å². The molecule has 1 aromatic heterocycles. The number of halogens is 3. The highest BCUT2D eigenvalue weighted by atomic mass is 19.4. The molecule has 8 heteroatoms. The average molecular weight is 417 g/mol. The molecule has 0 aliphatic rings. The maximum absolute atomic E-state index is 13.1. The summed E-state index contributed by atoms with van der Waals surface area (Å²) in [5.41, 5.74) is 1.13. The summed E-state index contributed by atoms with van der Waals surface area (Å²) in [4.78, 5) is 12.1. The van der Waals surface area contributed by atoms with Crippen LogP contribution in [-0.2, 0) is 35.4 Å². The number of nitrogens with zero attached hydrogens (tertiary/aromatic N) is 2. The van der Waals surface area contributed by atoms with Gasteiger partial charge in [-0.05, 0) is 24.1 Å². The Hall–Kier alpha value is -3.13. The van der Waals surface area contributed by atoms with Crippen molar-refractivity contribution in [2.24, 2.45) is 0 Å². The van der Waals surface area contributed by atoms with Crippen molar-refractivity contribution in [1.29, 1.82) is 0 Å². The van der Waals surface area contributed by atoms with Gasteiger partial charge in [0.05, 0.1) is 18.3 Å². The van der Waals surface area contributed by atoms with Crippen LogP contribution in [0.15, 0.2) is 67.0 Å². The summed E-state index contributed by atoms with van der Waals surface area (Å²) in [5, 5.41) is 7.17. The normalized spacial score (nSPS) is 12.5. The lowest BCUT2D eigenvalue weighted by Crippen LogP contribution is -2.34. The molecule has 0 saturated heterocycles. The summed E-state index contributed by atoms with van der Waals surface area (Å²) >= 11 is 0. The van der Waals surface area contributed by atoms with Crippen LogP contribution in [0.4, 0.5) is 13.2 Å². The van der Waals surface area contributed by atoms with E-state index in [2.05, 4.69) is 10.4 Å². The number of alkyl halides is 3. The van der Waals surface area contributed by atoms with E-state index in [1.54, 1.807) is 25.4 Å². The quantitative estimate of drug-likeness (QED) is 0.559. The van der Waals surface area contributed by atoms with E-state index in [9.17, 15) is 18.0 Å². The predicted molar refractivity (Wildman–Crippen MR) is 105 cm³/mol. The van der Waals surface area contributed by atoms with Crippen LogP contribution in [0.25, 0.3) is 0 Å². The van der Waals surface area contributed by atoms with Gasteiger partial charge in [-0.15, -0.1) is 0 Å². The third-order valence-corrected chi connectivity index (χ3v) is 4.53. The number of aromatic nitrogens is 2. The molecule has 1 unspecified atom stereocenters. The van der Waals surface area contributed by atoms with Crippen molar-refractivity contribution in [2.45, 2.75) is 38.8 Å². The number of rotatable bonds is 8. The van der Waals surface area contributed by atoms with Crippen molar-refractivity contribution in [1.82, 2.24) is 15.1 Å². The molecule has 0 amide bonds. The molecular weight excluding hydrogens is 395 g/mol. The van der Waals surface area contributed by atoms with Crippen molar-refractivity contribution in [3.8, 4) is 0 Å². The van der Waals surface area contributed by atoms with Gasteiger partial charge in [0.15, 0.2) is 0 Å². The number of hydrogen-bond donors (Lipinski definition) is 1. The Labute approximate surface area is 172 Å². The van der Waals surface area contributed by atoms with Crippen LogP contribution >= 0.6 is 0 Å². The van der Waals surface area contributed by atoms with Crippen LogP contribution in [0.1, 0.15) is 29.2 Å². The van der Waals surface area contributed by atoms with Gasteiger partial charge >= 0.3 is 12.1 Å². The van der Waals surface area contributed by atoms with Crippen molar-refractivity contribution < 1.29 is 22.7 Å². The zero-order valence-corrected chi connectivity index (χ0v) is 16.4. The average Bonchev–Trinajstić information content (AvgIpc) is 3.18. The van der Waals surface area contributed by atoms with Crippen molar-refractivity contribution in [2.75, 3.05) is 0 Å². The monoisotopic (exact) mass is 417 g/mol. The van der Waals surface area contributed by atoms with Crippen LogP contribution in [-0.4, -0.2) is 21.8 Å². The lowest BCUT2D eigenvalue weighted by Gasteiger charge is -2.13. The summed E-state index contributed by atoms with van der Waals surface area (Å²) in [6.07, 6.45) is -1.20. The Balaban J connectivity index is 1.52. The molecule has 1 N–H and O–H groups in total. The fraction of sp³-hybridized carbons (Fsp3) is 0.273. The van der Waals surface area contributed by atoms with Crippen LogP contribution in [0.3, 0.4) is 0 Å². The summed E-state index contributed by atoms with van der Waals surface area (Å²) in [6, 6.07) is 14.3.